The zero-order valence-corrected chi connectivity index (χ0v) is 11.2. The molecule has 11 heteroatoms. The minimum atomic E-state index is -4.27. The van der Waals surface area contributed by atoms with Gasteiger partial charge in [0.2, 0.25) is 11.8 Å². The number of sulfonamides is 1. The van der Waals surface area contributed by atoms with Gasteiger partial charge in [0.05, 0.1) is 11.0 Å². The van der Waals surface area contributed by atoms with Crippen LogP contribution >= 0.6 is 0 Å². The van der Waals surface area contributed by atoms with E-state index >= 15 is 0 Å². The maximum atomic E-state index is 13.3. The normalized spacial score (nSPS) is 12.0. The van der Waals surface area contributed by atoms with Crippen LogP contribution < -0.4 is 4.72 Å². The molecule has 2 rings (SSSR count). The Morgan fingerprint density at radius 3 is 2.05 bits per heavy atom. The highest BCUT2D eigenvalue weighted by atomic mass is 32.2. The van der Waals surface area contributed by atoms with E-state index in [0.717, 1.165) is 0 Å². The molecule has 0 aliphatic rings. The third-order valence-corrected chi connectivity index (χ3v) is 3.37. The van der Waals surface area contributed by atoms with Crippen molar-refractivity contribution in [2.75, 3.05) is 4.72 Å². The van der Waals surface area contributed by atoms with Gasteiger partial charge in [0, 0.05) is 12.4 Å². The van der Waals surface area contributed by atoms with E-state index in [4.69, 9.17) is 0 Å². The molecule has 0 atom stereocenters. The average Bonchev–Trinajstić information content (AvgIpc) is 2.95. The lowest BCUT2D eigenvalue weighted by Gasteiger charge is -2.04. The van der Waals surface area contributed by atoms with E-state index in [9.17, 15) is 30.4 Å². The van der Waals surface area contributed by atoms with E-state index in [1.54, 1.807) is 0 Å². The molecule has 1 heterocycles. The maximum Gasteiger partial charge on any atom is 0.257 e. The number of anilines is 1. The van der Waals surface area contributed by atoms with Gasteiger partial charge in [0.1, 0.15) is 0 Å². The average molecular weight is 339 g/mol. The molecule has 0 unspecified atom stereocenters. The van der Waals surface area contributed by atoms with Gasteiger partial charge in [-0.2, -0.15) is 0 Å². The van der Waals surface area contributed by atoms with Crippen LogP contribution in [0.15, 0.2) is 17.8 Å². The molecule has 0 saturated carbocycles. The summed E-state index contributed by atoms with van der Waals surface area (Å²) in [6.45, 7) is 0. The fourth-order valence-corrected chi connectivity index (χ4v) is 2.18. The van der Waals surface area contributed by atoms with Crippen LogP contribution in [0.25, 0.3) is 6.08 Å². The highest BCUT2D eigenvalue weighted by Gasteiger charge is 2.24. The summed E-state index contributed by atoms with van der Waals surface area (Å²) in [6.07, 6.45) is 2.78. The Hall–Kier alpha value is -2.43. The van der Waals surface area contributed by atoms with E-state index in [-0.39, 0.29) is 17.4 Å². The first-order chi connectivity index (χ1) is 10.2. The maximum absolute atomic E-state index is 13.3. The smallest absolute Gasteiger partial charge is 0.257 e. The lowest BCUT2D eigenvalue weighted by molar-refractivity contribution is 0.377. The fraction of sp³-hybridized carbons (Fsp3) is 0. The Kier molecular flexibility index (Phi) is 4.17. The minimum Gasteiger partial charge on any atom is -0.330 e. The summed E-state index contributed by atoms with van der Waals surface area (Å²) in [5.41, 5.74) is -1.37. The van der Waals surface area contributed by atoms with Crippen LogP contribution in [0.2, 0.25) is 0 Å². The molecular formula is C11H6F5N3O2S. The number of aromatic nitrogens is 2. The summed E-state index contributed by atoms with van der Waals surface area (Å²) in [6, 6.07) is 0. The van der Waals surface area contributed by atoms with E-state index in [1.165, 1.54) is 12.4 Å². The molecule has 118 valence electrons. The van der Waals surface area contributed by atoms with E-state index < -0.39 is 44.7 Å². The molecule has 1 aromatic carbocycles. The van der Waals surface area contributed by atoms with Crippen molar-refractivity contribution in [2.24, 2.45) is 0 Å². The van der Waals surface area contributed by atoms with Gasteiger partial charge in [-0.05, 0) is 6.08 Å². The summed E-state index contributed by atoms with van der Waals surface area (Å²) in [4.78, 5) is 5.92. The van der Waals surface area contributed by atoms with E-state index in [1.807, 2.05) is 4.72 Å². The predicted octanol–water partition coefficient (Wildman–Crippen LogP) is 2.52. The molecular weight excluding hydrogens is 333 g/mol. The van der Waals surface area contributed by atoms with Crippen molar-refractivity contribution in [1.29, 1.82) is 0 Å². The van der Waals surface area contributed by atoms with Crippen LogP contribution in [0.1, 0.15) is 5.56 Å². The van der Waals surface area contributed by atoms with Crippen LogP contribution in [0.4, 0.5) is 27.9 Å². The molecule has 2 aromatic rings. The first-order valence-corrected chi connectivity index (χ1v) is 6.99. The largest absolute Gasteiger partial charge is 0.330 e. The number of nitrogens with zero attached hydrogens (tertiary/aromatic N) is 1. The topological polar surface area (TPSA) is 74.8 Å². The number of nitrogens with one attached hydrogen (secondary N) is 2. The molecule has 0 aliphatic carbocycles. The monoisotopic (exact) mass is 339 g/mol. The Bertz CT molecular complexity index is 805. The second kappa shape index (κ2) is 5.75. The molecule has 5 nitrogen and oxygen atoms in total. The highest BCUT2D eigenvalue weighted by Crippen LogP contribution is 2.24. The Morgan fingerprint density at radius 1 is 1.00 bits per heavy atom. The van der Waals surface area contributed by atoms with Crippen LogP contribution in [0.3, 0.4) is 0 Å². The number of hydrogen-bond acceptors (Lipinski definition) is 3. The van der Waals surface area contributed by atoms with Crippen LogP contribution in [0, 0.1) is 29.1 Å². The number of hydrogen-bond donors (Lipinski definition) is 2. The fourth-order valence-electron chi connectivity index (χ4n) is 1.42. The number of rotatable bonds is 4. The number of imidazole rings is 1. The van der Waals surface area contributed by atoms with Gasteiger partial charge in [-0.1, -0.05) is 0 Å². The molecule has 0 bridgehead atoms. The lowest BCUT2D eigenvalue weighted by Crippen LogP contribution is -2.10. The lowest BCUT2D eigenvalue weighted by atomic mass is 10.1. The molecule has 0 fully saturated rings. The van der Waals surface area contributed by atoms with Crippen LogP contribution in [-0.2, 0) is 10.0 Å². The van der Waals surface area contributed by atoms with Gasteiger partial charge in [-0.15, -0.1) is 0 Å². The molecule has 0 saturated heterocycles. The third-order valence-electron chi connectivity index (χ3n) is 2.39. The third kappa shape index (κ3) is 3.08. The van der Waals surface area contributed by atoms with Crippen molar-refractivity contribution in [3.63, 3.8) is 0 Å². The van der Waals surface area contributed by atoms with Crippen LogP contribution in [0.5, 0.6) is 0 Å². The second-order valence-electron chi connectivity index (χ2n) is 3.87. The van der Waals surface area contributed by atoms with Gasteiger partial charge < -0.3 is 4.98 Å². The molecule has 0 spiro atoms. The number of benzene rings is 1. The molecule has 0 aliphatic heterocycles. The summed E-state index contributed by atoms with van der Waals surface area (Å²) in [7, 11) is -4.27. The Morgan fingerprint density at radius 2 is 1.55 bits per heavy atom. The molecule has 1 aromatic heterocycles. The standard InChI is InChI=1S/C11H6F5N3O2S/c12-6-5(7(13)9(15)10(16)8(6)14)1-4-22(20,21)19-11-17-2-3-18-11/h1-4H,(H2,17,18,19)/b4-1+. The molecule has 0 radical (unpaired) electrons. The van der Waals surface area contributed by atoms with E-state index in [0.29, 0.717) is 0 Å². The van der Waals surface area contributed by atoms with Gasteiger partial charge in [0.25, 0.3) is 10.0 Å². The van der Waals surface area contributed by atoms with Crippen molar-refractivity contribution >= 4 is 22.0 Å². The zero-order chi connectivity index (χ0) is 16.5. The summed E-state index contributed by atoms with van der Waals surface area (Å²) < 4.78 is 90.4. The highest BCUT2D eigenvalue weighted by molar-refractivity contribution is 7.95. The van der Waals surface area contributed by atoms with Gasteiger partial charge in [-0.25, -0.2) is 40.1 Å². The van der Waals surface area contributed by atoms with Crippen molar-refractivity contribution in [3.8, 4) is 0 Å². The predicted molar refractivity (Wildman–Crippen MR) is 66.4 cm³/mol. The zero-order valence-electron chi connectivity index (χ0n) is 10.4. The van der Waals surface area contributed by atoms with Crippen LogP contribution in [-0.4, -0.2) is 18.4 Å². The molecule has 0 amide bonds. The summed E-state index contributed by atoms with van der Waals surface area (Å²) >= 11 is 0. The Balaban J connectivity index is 2.38. The quantitative estimate of drug-likeness (QED) is 0.511. The van der Waals surface area contributed by atoms with Crippen molar-refractivity contribution in [1.82, 2.24) is 9.97 Å². The first-order valence-electron chi connectivity index (χ1n) is 5.44. The van der Waals surface area contributed by atoms with Crippen molar-refractivity contribution < 1.29 is 30.4 Å². The van der Waals surface area contributed by atoms with Crippen molar-refractivity contribution in [2.45, 2.75) is 0 Å². The van der Waals surface area contributed by atoms with Gasteiger partial charge >= 0.3 is 0 Å². The van der Waals surface area contributed by atoms with Crippen molar-refractivity contribution in [3.05, 3.63) is 52.5 Å². The number of H-pyrrole nitrogens is 1. The number of aromatic amines is 1. The number of halogens is 5. The van der Waals surface area contributed by atoms with Gasteiger partial charge in [-0.3, -0.25) is 0 Å². The Labute approximate surface area is 120 Å². The SMILES string of the molecule is O=S(=O)(/C=C/c1c(F)c(F)c(F)c(F)c1F)Nc1ncc[nH]1. The molecule has 2 N–H and O–H groups in total. The second-order valence-corrected chi connectivity index (χ2v) is 5.44. The van der Waals surface area contributed by atoms with E-state index in [2.05, 4.69) is 9.97 Å². The van der Waals surface area contributed by atoms with Gasteiger partial charge in [0.15, 0.2) is 23.3 Å². The summed E-state index contributed by atoms with van der Waals surface area (Å²) in [5, 5.41) is 0.244. The minimum absolute atomic E-state index is 0.193. The summed E-state index contributed by atoms with van der Waals surface area (Å²) in [5.74, 6) is -11.1. The first kappa shape index (κ1) is 15.9. The molecule has 22 heavy (non-hydrogen) atoms.